The Labute approximate surface area is 120 Å². The van der Waals surface area contributed by atoms with Crippen LogP contribution in [0.5, 0.6) is 0 Å². The van der Waals surface area contributed by atoms with Gasteiger partial charge in [-0.25, -0.2) is 0 Å². The molecule has 4 nitrogen and oxygen atoms in total. The zero-order valence-electron chi connectivity index (χ0n) is 10.7. The number of hydrogen-bond donors (Lipinski definition) is 1. The van der Waals surface area contributed by atoms with Crippen molar-refractivity contribution in [2.75, 3.05) is 19.6 Å². The molecule has 102 valence electrons. The summed E-state index contributed by atoms with van der Waals surface area (Å²) in [7, 11) is 0. The molecule has 0 unspecified atom stereocenters. The molecular formula is C13H17N3OS2. The Kier molecular flexibility index (Phi) is 3.81. The van der Waals surface area contributed by atoms with Gasteiger partial charge in [-0.3, -0.25) is 9.36 Å². The van der Waals surface area contributed by atoms with Crippen molar-refractivity contribution in [3.05, 3.63) is 26.6 Å². The number of nitrogens with zero attached hydrogens (tertiary/aromatic N) is 2. The number of aromatic nitrogens is 2. The number of fused-ring (bicyclic) bond motifs is 1. The van der Waals surface area contributed by atoms with Gasteiger partial charge in [0, 0.05) is 6.54 Å². The summed E-state index contributed by atoms with van der Waals surface area (Å²) in [5.74, 6) is 0. The molecule has 2 aromatic heterocycles. The standard InChI is InChI=1S/C13H17N3OS2/c17-12-10-4-9-19-11(10)14-13(18)16(12)8-3-7-15-5-1-2-6-15/h4,9H,1-3,5-8H2,(H,14,18). The smallest absolute Gasteiger partial charge is 0.263 e. The van der Waals surface area contributed by atoms with Crippen molar-refractivity contribution in [3.8, 4) is 0 Å². The molecule has 0 aliphatic carbocycles. The van der Waals surface area contributed by atoms with E-state index in [1.807, 2.05) is 11.4 Å². The molecule has 1 fully saturated rings. The van der Waals surface area contributed by atoms with Gasteiger partial charge in [0.2, 0.25) is 0 Å². The van der Waals surface area contributed by atoms with Crippen LogP contribution in [-0.2, 0) is 6.54 Å². The minimum absolute atomic E-state index is 0.0430. The van der Waals surface area contributed by atoms with Crippen molar-refractivity contribution in [1.29, 1.82) is 0 Å². The first-order valence-corrected chi connectivity index (χ1v) is 7.97. The summed E-state index contributed by atoms with van der Waals surface area (Å²) in [5, 5.41) is 2.67. The number of H-pyrrole nitrogens is 1. The molecule has 0 atom stereocenters. The van der Waals surface area contributed by atoms with Gasteiger partial charge in [0.1, 0.15) is 4.83 Å². The lowest BCUT2D eigenvalue weighted by atomic mass is 10.3. The van der Waals surface area contributed by atoms with Crippen molar-refractivity contribution in [2.45, 2.75) is 25.8 Å². The van der Waals surface area contributed by atoms with E-state index in [1.54, 1.807) is 4.57 Å². The highest BCUT2D eigenvalue weighted by atomic mass is 32.1. The highest BCUT2D eigenvalue weighted by molar-refractivity contribution is 7.71. The first-order chi connectivity index (χ1) is 9.25. The van der Waals surface area contributed by atoms with Gasteiger partial charge in [-0.1, -0.05) is 0 Å². The van der Waals surface area contributed by atoms with E-state index >= 15 is 0 Å². The molecular weight excluding hydrogens is 278 g/mol. The third-order valence-electron chi connectivity index (χ3n) is 3.66. The average molecular weight is 295 g/mol. The minimum atomic E-state index is 0.0430. The van der Waals surface area contributed by atoms with E-state index in [0.717, 1.165) is 23.2 Å². The molecule has 0 bridgehead atoms. The topological polar surface area (TPSA) is 41.0 Å². The van der Waals surface area contributed by atoms with E-state index in [1.165, 1.54) is 37.3 Å². The van der Waals surface area contributed by atoms with Gasteiger partial charge in [0.25, 0.3) is 5.56 Å². The summed E-state index contributed by atoms with van der Waals surface area (Å²) in [4.78, 5) is 18.8. The fourth-order valence-electron chi connectivity index (χ4n) is 2.64. The van der Waals surface area contributed by atoms with Crippen LogP contribution in [-0.4, -0.2) is 34.1 Å². The zero-order chi connectivity index (χ0) is 13.2. The zero-order valence-corrected chi connectivity index (χ0v) is 12.4. The van der Waals surface area contributed by atoms with Gasteiger partial charge in [0.05, 0.1) is 5.39 Å². The predicted octanol–water partition coefficient (Wildman–Crippen LogP) is 2.61. The third kappa shape index (κ3) is 2.66. The molecule has 1 aliphatic rings. The van der Waals surface area contributed by atoms with E-state index in [4.69, 9.17) is 12.2 Å². The van der Waals surface area contributed by atoms with Crippen LogP contribution in [0.15, 0.2) is 16.2 Å². The Morgan fingerprint density at radius 3 is 2.89 bits per heavy atom. The molecule has 0 spiro atoms. The van der Waals surface area contributed by atoms with E-state index < -0.39 is 0 Å². The number of likely N-dealkylation sites (tertiary alicyclic amines) is 1. The first kappa shape index (κ1) is 13.0. The van der Waals surface area contributed by atoms with Gasteiger partial charge >= 0.3 is 0 Å². The van der Waals surface area contributed by atoms with Crippen molar-refractivity contribution in [3.63, 3.8) is 0 Å². The highest BCUT2D eigenvalue weighted by Crippen LogP contribution is 2.14. The monoisotopic (exact) mass is 295 g/mol. The van der Waals surface area contributed by atoms with Crippen molar-refractivity contribution < 1.29 is 0 Å². The maximum Gasteiger partial charge on any atom is 0.263 e. The fraction of sp³-hybridized carbons (Fsp3) is 0.538. The molecule has 0 radical (unpaired) electrons. The molecule has 0 amide bonds. The Hall–Kier alpha value is -0.980. The Bertz CT molecular complexity index is 679. The van der Waals surface area contributed by atoms with Crippen LogP contribution in [0.4, 0.5) is 0 Å². The highest BCUT2D eigenvalue weighted by Gasteiger charge is 2.11. The Morgan fingerprint density at radius 1 is 1.32 bits per heavy atom. The lowest BCUT2D eigenvalue weighted by Gasteiger charge is -2.14. The summed E-state index contributed by atoms with van der Waals surface area (Å²) in [6.45, 7) is 4.16. The average Bonchev–Trinajstić information content (AvgIpc) is 3.03. The van der Waals surface area contributed by atoms with Crippen LogP contribution in [0.2, 0.25) is 0 Å². The molecule has 1 N–H and O–H groups in total. The molecule has 3 heterocycles. The van der Waals surface area contributed by atoms with Gasteiger partial charge in [-0.15, -0.1) is 11.3 Å². The van der Waals surface area contributed by atoms with Gasteiger partial charge < -0.3 is 9.88 Å². The summed E-state index contributed by atoms with van der Waals surface area (Å²) in [5.41, 5.74) is 0.0430. The van der Waals surface area contributed by atoms with Gasteiger partial charge in [-0.05, 0) is 62.6 Å². The van der Waals surface area contributed by atoms with Crippen LogP contribution in [0, 0.1) is 4.77 Å². The van der Waals surface area contributed by atoms with E-state index in [0.29, 0.717) is 11.3 Å². The van der Waals surface area contributed by atoms with Gasteiger partial charge in [-0.2, -0.15) is 0 Å². The number of hydrogen-bond acceptors (Lipinski definition) is 4. The second kappa shape index (κ2) is 5.56. The van der Waals surface area contributed by atoms with Crippen molar-refractivity contribution >= 4 is 33.8 Å². The normalized spacial score (nSPS) is 16.4. The molecule has 1 saturated heterocycles. The number of nitrogens with one attached hydrogen (secondary N) is 1. The predicted molar refractivity (Wildman–Crippen MR) is 81.6 cm³/mol. The molecule has 2 aromatic rings. The minimum Gasteiger partial charge on any atom is -0.323 e. The van der Waals surface area contributed by atoms with Crippen LogP contribution >= 0.6 is 23.6 Å². The SMILES string of the molecule is O=c1c2ccsc2[nH]c(=S)n1CCCN1CCCC1. The number of thiophene rings is 1. The van der Waals surface area contributed by atoms with Crippen LogP contribution in [0.1, 0.15) is 19.3 Å². The van der Waals surface area contributed by atoms with Crippen LogP contribution in [0.25, 0.3) is 10.2 Å². The molecule has 3 rings (SSSR count). The maximum absolute atomic E-state index is 12.3. The van der Waals surface area contributed by atoms with Crippen molar-refractivity contribution in [1.82, 2.24) is 14.5 Å². The number of aromatic amines is 1. The molecule has 0 saturated carbocycles. The van der Waals surface area contributed by atoms with Crippen LogP contribution < -0.4 is 5.56 Å². The lowest BCUT2D eigenvalue weighted by Crippen LogP contribution is -2.26. The summed E-state index contributed by atoms with van der Waals surface area (Å²) >= 11 is 6.81. The third-order valence-corrected chi connectivity index (χ3v) is 4.81. The Balaban J connectivity index is 1.76. The quantitative estimate of drug-likeness (QED) is 0.882. The first-order valence-electron chi connectivity index (χ1n) is 6.68. The van der Waals surface area contributed by atoms with Crippen molar-refractivity contribution in [2.24, 2.45) is 0 Å². The second-order valence-corrected chi connectivity index (χ2v) is 6.26. The van der Waals surface area contributed by atoms with E-state index in [9.17, 15) is 4.79 Å². The lowest BCUT2D eigenvalue weighted by molar-refractivity contribution is 0.324. The van der Waals surface area contributed by atoms with E-state index in [-0.39, 0.29) is 5.56 Å². The summed E-state index contributed by atoms with van der Waals surface area (Å²) in [6.07, 6.45) is 3.59. The molecule has 6 heteroatoms. The molecule has 0 aromatic carbocycles. The molecule has 1 aliphatic heterocycles. The molecule has 19 heavy (non-hydrogen) atoms. The number of rotatable bonds is 4. The Morgan fingerprint density at radius 2 is 2.11 bits per heavy atom. The van der Waals surface area contributed by atoms with Crippen LogP contribution in [0.3, 0.4) is 0 Å². The fourth-order valence-corrected chi connectivity index (χ4v) is 3.76. The largest absolute Gasteiger partial charge is 0.323 e. The summed E-state index contributed by atoms with van der Waals surface area (Å²) < 4.78 is 2.24. The summed E-state index contributed by atoms with van der Waals surface area (Å²) in [6, 6.07) is 1.87. The second-order valence-electron chi connectivity index (χ2n) is 4.95. The maximum atomic E-state index is 12.3. The van der Waals surface area contributed by atoms with Gasteiger partial charge in [0.15, 0.2) is 4.77 Å². The van der Waals surface area contributed by atoms with E-state index in [2.05, 4.69) is 9.88 Å².